The molecule has 0 aliphatic heterocycles. The first-order valence-corrected chi connectivity index (χ1v) is 9.91. The van der Waals surface area contributed by atoms with Gasteiger partial charge in [-0.05, 0) is 32.1 Å². The first-order chi connectivity index (χ1) is 14.0. The summed E-state index contributed by atoms with van der Waals surface area (Å²) in [5.74, 6) is 0.827. The Hall–Kier alpha value is -2.94. The van der Waals surface area contributed by atoms with Crippen molar-refractivity contribution in [3.05, 3.63) is 29.8 Å². The molecule has 29 heavy (non-hydrogen) atoms. The molecule has 0 aromatic carbocycles. The Balaban J connectivity index is 1.93. The molecular weight excluding hydrogens is 372 g/mol. The Morgan fingerprint density at radius 3 is 2.66 bits per heavy atom. The van der Waals surface area contributed by atoms with E-state index in [1.165, 1.54) is 0 Å². The zero-order chi connectivity index (χ0) is 20.8. The number of nitrogens with one attached hydrogen (secondary N) is 2. The van der Waals surface area contributed by atoms with Gasteiger partial charge in [-0.25, -0.2) is 9.97 Å². The Labute approximate surface area is 170 Å². The highest BCUT2D eigenvalue weighted by Gasteiger charge is 2.23. The van der Waals surface area contributed by atoms with Crippen molar-refractivity contribution in [1.29, 1.82) is 0 Å². The minimum atomic E-state index is -0.652. The molecule has 0 atom stereocenters. The summed E-state index contributed by atoms with van der Waals surface area (Å²) in [6.45, 7) is 2.04. The summed E-state index contributed by atoms with van der Waals surface area (Å²) in [7, 11) is 1.55. The monoisotopic (exact) mass is 400 g/mol. The van der Waals surface area contributed by atoms with E-state index in [0.717, 1.165) is 32.1 Å². The average molecular weight is 400 g/mol. The molecule has 0 radical (unpaired) electrons. The van der Waals surface area contributed by atoms with Gasteiger partial charge in [0.05, 0.1) is 37.0 Å². The third-order valence-corrected chi connectivity index (χ3v) is 4.94. The van der Waals surface area contributed by atoms with E-state index < -0.39 is 5.91 Å². The highest BCUT2D eigenvalue weighted by Crippen LogP contribution is 2.27. The van der Waals surface area contributed by atoms with E-state index in [1.54, 1.807) is 25.6 Å². The van der Waals surface area contributed by atoms with Crippen molar-refractivity contribution in [1.82, 2.24) is 15.0 Å². The fraction of sp³-hybridized carbons (Fsp3) is 0.500. The molecule has 9 heteroatoms. The predicted molar refractivity (Wildman–Crippen MR) is 111 cm³/mol. The summed E-state index contributed by atoms with van der Waals surface area (Å²) >= 11 is 0. The summed E-state index contributed by atoms with van der Waals surface area (Å²) in [6.07, 6.45) is 7.71. The first-order valence-electron chi connectivity index (χ1n) is 9.91. The van der Waals surface area contributed by atoms with Gasteiger partial charge in [-0.1, -0.05) is 13.3 Å². The molecule has 2 heterocycles. The largest absolute Gasteiger partial charge is 0.495 e. The van der Waals surface area contributed by atoms with Crippen molar-refractivity contribution in [2.24, 2.45) is 5.73 Å². The second kappa shape index (κ2) is 9.51. The first kappa shape index (κ1) is 20.8. The SMILES string of the molecule is CCCc1nc(C(N)=O)c(Nc2cncc(OC)c2)nc1NC1CCC(O)CC1. The van der Waals surface area contributed by atoms with Crippen molar-refractivity contribution in [3.8, 4) is 5.75 Å². The summed E-state index contributed by atoms with van der Waals surface area (Å²) in [5.41, 5.74) is 6.97. The van der Waals surface area contributed by atoms with Gasteiger partial charge in [0.25, 0.3) is 5.91 Å². The topological polar surface area (TPSA) is 135 Å². The molecule has 0 unspecified atom stereocenters. The summed E-state index contributed by atoms with van der Waals surface area (Å²) < 4.78 is 5.19. The number of aliphatic hydroxyl groups excluding tert-OH is 1. The van der Waals surface area contributed by atoms with Gasteiger partial charge >= 0.3 is 0 Å². The predicted octanol–water partition coefficient (Wildman–Crippen LogP) is 2.39. The van der Waals surface area contributed by atoms with Crippen LogP contribution in [0.5, 0.6) is 5.75 Å². The van der Waals surface area contributed by atoms with Crippen LogP contribution in [0.1, 0.15) is 55.2 Å². The number of aromatic nitrogens is 3. The molecule has 1 aliphatic carbocycles. The van der Waals surface area contributed by atoms with E-state index in [2.05, 4.69) is 25.6 Å². The van der Waals surface area contributed by atoms with Gasteiger partial charge in [0.2, 0.25) is 0 Å². The van der Waals surface area contributed by atoms with Crippen LogP contribution in [-0.4, -0.2) is 45.2 Å². The second-order valence-electron chi connectivity index (χ2n) is 7.22. The lowest BCUT2D eigenvalue weighted by Crippen LogP contribution is -2.29. The molecule has 1 saturated carbocycles. The second-order valence-corrected chi connectivity index (χ2v) is 7.22. The molecule has 0 spiro atoms. The Kier molecular flexibility index (Phi) is 6.82. The zero-order valence-electron chi connectivity index (χ0n) is 16.8. The van der Waals surface area contributed by atoms with Crippen molar-refractivity contribution in [2.45, 2.75) is 57.6 Å². The number of nitrogens with zero attached hydrogens (tertiary/aromatic N) is 3. The highest BCUT2D eigenvalue weighted by atomic mass is 16.5. The molecule has 2 aromatic heterocycles. The molecule has 1 aliphatic rings. The third kappa shape index (κ3) is 5.32. The number of ether oxygens (including phenoxy) is 1. The van der Waals surface area contributed by atoms with E-state index in [4.69, 9.17) is 10.5 Å². The Bertz CT molecular complexity index is 852. The van der Waals surface area contributed by atoms with Gasteiger partial charge in [0.1, 0.15) is 5.75 Å². The molecule has 0 saturated heterocycles. The number of nitrogens with two attached hydrogens (primary N) is 1. The molecule has 9 nitrogen and oxygen atoms in total. The number of methoxy groups -OCH3 is 1. The number of hydrogen-bond donors (Lipinski definition) is 4. The van der Waals surface area contributed by atoms with Crippen LogP contribution in [0.3, 0.4) is 0 Å². The van der Waals surface area contributed by atoms with Gasteiger partial charge in [0, 0.05) is 12.1 Å². The number of carbonyl (C=O) groups is 1. The van der Waals surface area contributed by atoms with E-state index >= 15 is 0 Å². The van der Waals surface area contributed by atoms with E-state index in [0.29, 0.717) is 29.4 Å². The number of anilines is 3. The van der Waals surface area contributed by atoms with Gasteiger partial charge in [0.15, 0.2) is 17.3 Å². The number of aliphatic hydroxyl groups is 1. The lowest BCUT2D eigenvalue weighted by molar-refractivity contribution is 0.0996. The molecule has 5 N–H and O–H groups in total. The summed E-state index contributed by atoms with van der Waals surface area (Å²) in [4.78, 5) is 25.3. The smallest absolute Gasteiger partial charge is 0.271 e. The molecule has 1 amide bonds. The molecule has 3 rings (SSSR count). The van der Waals surface area contributed by atoms with Crippen molar-refractivity contribution >= 4 is 23.2 Å². The highest BCUT2D eigenvalue weighted by molar-refractivity contribution is 5.96. The van der Waals surface area contributed by atoms with Gasteiger partial charge < -0.3 is 26.2 Å². The molecule has 1 fully saturated rings. The van der Waals surface area contributed by atoms with Crippen LogP contribution in [-0.2, 0) is 6.42 Å². The Morgan fingerprint density at radius 2 is 2.00 bits per heavy atom. The summed E-state index contributed by atoms with van der Waals surface area (Å²) in [5, 5.41) is 16.3. The lowest BCUT2D eigenvalue weighted by atomic mass is 9.93. The third-order valence-electron chi connectivity index (χ3n) is 4.94. The summed E-state index contributed by atoms with van der Waals surface area (Å²) in [6, 6.07) is 1.95. The number of amides is 1. The number of rotatable bonds is 8. The van der Waals surface area contributed by atoms with Crippen LogP contribution in [0.2, 0.25) is 0 Å². The molecule has 2 aromatic rings. The van der Waals surface area contributed by atoms with Crippen LogP contribution < -0.4 is 21.1 Å². The van der Waals surface area contributed by atoms with E-state index in [-0.39, 0.29) is 23.7 Å². The molecule has 0 bridgehead atoms. The van der Waals surface area contributed by atoms with Crippen LogP contribution in [0.15, 0.2) is 18.5 Å². The van der Waals surface area contributed by atoms with Gasteiger partial charge in [-0.15, -0.1) is 0 Å². The van der Waals surface area contributed by atoms with Crippen LogP contribution >= 0.6 is 0 Å². The number of primary amides is 1. The molecular formula is C20H28N6O3. The average Bonchev–Trinajstić information content (AvgIpc) is 2.71. The number of pyridine rings is 1. The minimum absolute atomic E-state index is 0.0842. The minimum Gasteiger partial charge on any atom is -0.495 e. The maximum Gasteiger partial charge on any atom is 0.271 e. The normalized spacial score (nSPS) is 18.9. The molecule has 156 valence electrons. The van der Waals surface area contributed by atoms with Gasteiger partial charge in [-0.3, -0.25) is 9.78 Å². The van der Waals surface area contributed by atoms with E-state index in [1.807, 2.05) is 6.92 Å². The standard InChI is InChI=1S/C20H28N6O3/c1-3-4-16-19(23-12-5-7-14(27)8-6-12)26-20(17(25-16)18(21)28)24-13-9-15(29-2)11-22-10-13/h9-12,14,27H,3-8H2,1-2H3,(H2,21,28)(H2,23,24,26). The van der Waals surface area contributed by atoms with Gasteiger partial charge in [-0.2, -0.15) is 0 Å². The van der Waals surface area contributed by atoms with Crippen LogP contribution in [0.4, 0.5) is 17.3 Å². The lowest BCUT2D eigenvalue weighted by Gasteiger charge is -2.27. The van der Waals surface area contributed by atoms with Crippen molar-refractivity contribution in [3.63, 3.8) is 0 Å². The number of hydrogen-bond acceptors (Lipinski definition) is 8. The fourth-order valence-electron chi connectivity index (χ4n) is 3.40. The quantitative estimate of drug-likeness (QED) is 0.530. The Morgan fingerprint density at radius 1 is 1.24 bits per heavy atom. The van der Waals surface area contributed by atoms with Crippen LogP contribution in [0.25, 0.3) is 0 Å². The number of carbonyl (C=O) groups excluding carboxylic acids is 1. The fourth-order valence-corrected chi connectivity index (χ4v) is 3.40. The zero-order valence-corrected chi connectivity index (χ0v) is 16.8. The van der Waals surface area contributed by atoms with E-state index in [9.17, 15) is 9.90 Å². The van der Waals surface area contributed by atoms with Crippen molar-refractivity contribution < 1.29 is 14.6 Å². The van der Waals surface area contributed by atoms with Crippen molar-refractivity contribution in [2.75, 3.05) is 17.7 Å². The maximum atomic E-state index is 12.0. The van der Waals surface area contributed by atoms with Crippen LogP contribution in [0, 0.1) is 0 Å². The number of aryl methyl sites for hydroxylation is 1. The maximum absolute atomic E-state index is 12.0.